The molecule has 2 aromatic heterocycles. The number of halogens is 1. The van der Waals surface area contributed by atoms with Gasteiger partial charge in [-0.2, -0.15) is 9.61 Å². The molecule has 120 valence electrons. The fraction of sp³-hybridized carbons (Fsp3) is 0.353. The van der Waals surface area contributed by atoms with E-state index < -0.39 is 0 Å². The van der Waals surface area contributed by atoms with Crippen molar-refractivity contribution in [3.63, 3.8) is 0 Å². The maximum Gasteiger partial charge on any atom is 0.246 e. The molecule has 4 rings (SSSR count). The zero-order valence-electron chi connectivity index (χ0n) is 13.0. The van der Waals surface area contributed by atoms with Crippen molar-refractivity contribution in [2.24, 2.45) is 11.1 Å². The van der Waals surface area contributed by atoms with Crippen LogP contribution in [0.3, 0.4) is 0 Å². The van der Waals surface area contributed by atoms with Crippen LogP contribution in [-0.2, 0) is 0 Å². The second-order valence-electron chi connectivity index (χ2n) is 6.55. The molecular weight excluding hydrogens is 312 g/mol. The number of aromatic nitrogens is 2. The van der Waals surface area contributed by atoms with Crippen LogP contribution in [0.2, 0.25) is 5.02 Å². The number of oxazole rings is 1. The lowest BCUT2D eigenvalue weighted by atomic mass is 9.90. The first-order valence-electron chi connectivity index (χ1n) is 7.78. The van der Waals surface area contributed by atoms with Gasteiger partial charge in [0, 0.05) is 19.2 Å². The number of nitrogens with two attached hydrogens (primary N) is 1. The molecule has 0 aliphatic carbocycles. The third-order valence-corrected chi connectivity index (χ3v) is 5.13. The lowest BCUT2D eigenvalue weighted by molar-refractivity contribution is -0.287. The third kappa shape index (κ3) is 2.31. The number of rotatable bonds is 3. The first kappa shape index (κ1) is 14.6. The standard InChI is InChI=1S/C17H20ClN4O/c1-17(10-19)6-7-21(11-17)14-8-20-22-15(9-23-16(14)22)12-4-2-3-5-13(12)18/h2-5,8-9,18H,6-7,10-11,19H2,1H3/q+1. The molecular formula is C17H20ClN4O+. The summed E-state index contributed by atoms with van der Waals surface area (Å²) in [6, 6.07) is 7.83. The van der Waals surface area contributed by atoms with Crippen LogP contribution in [-0.4, -0.2) is 29.2 Å². The molecule has 0 bridgehead atoms. The van der Waals surface area contributed by atoms with Crippen LogP contribution in [0, 0.1) is 17.0 Å². The number of nitrogens with zero attached hydrogens (tertiary/aromatic N) is 3. The second kappa shape index (κ2) is 5.28. The van der Waals surface area contributed by atoms with Crippen LogP contribution < -0.4 is 10.6 Å². The SMILES string of the molecule is CC1(CN)CCN(c2cnn3c(-c4ccccc4[ClH+])coc23)C1. The van der Waals surface area contributed by atoms with Crippen molar-refractivity contribution >= 4 is 11.4 Å². The van der Waals surface area contributed by atoms with E-state index in [4.69, 9.17) is 21.8 Å². The smallest absolute Gasteiger partial charge is 0.246 e. The number of fused-ring (bicyclic) bond motifs is 1. The highest BCUT2D eigenvalue weighted by Gasteiger charge is 2.34. The van der Waals surface area contributed by atoms with Gasteiger partial charge in [0.15, 0.2) is 11.6 Å². The average molecular weight is 332 g/mol. The maximum atomic E-state index is 5.91. The molecule has 1 atom stereocenters. The summed E-state index contributed by atoms with van der Waals surface area (Å²) in [6.45, 7) is 4.83. The molecule has 1 unspecified atom stereocenters. The zero-order valence-corrected chi connectivity index (χ0v) is 13.8. The molecule has 1 aliphatic rings. The summed E-state index contributed by atoms with van der Waals surface area (Å²) in [5, 5.41) is 5.31. The molecule has 0 spiro atoms. The maximum absolute atomic E-state index is 5.91. The highest BCUT2D eigenvalue weighted by atomic mass is 35.5. The van der Waals surface area contributed by atoms with Gasteiger partial charge in [-0.15, -0.1) is 0 Å². The van der Waals surface area contributed by atoms with Crippen molar-refractivity contribution in [2.75, 3.05) is 24.5 Å². The quantitative estimate of drug-likeness (QED) is 0.801. The van der Waals surface area contributed by atoms with Gasteiger partial charge in [-0.25, -0.2) is 0 Å². The molecule has 1 aliphatic heterocycles. The Labute approximate surface area is 139 Å². The fourth-order valence-electron chi connectivity index (χ4n) is 3.24. The van der Waals surface area contributed by atoms with E-state index in [0.29, 0.717) is 6.54 Å². The lowest BCUT2D eigenvalue weighted by Gasteiger charge is -2.22. The van der Waals surface area contributed by atoms with Gasteiger partial charge in [0.25, 0.3) is 0 Å². The molecule has 0 saturated carbocycles. The molecule has 3 heterocycles. The van der Waals surface area contributed by atoms with Crippen molar-refractivity contribution in [3.05, 3.63) is 41.7 Å². The summed E-state index contributed by atoms with van der Waals surface area (Å²) in [6.07, 6.45) is 4.69. The van der Waals surface area contributed by atoms with Gasteiger partial charge in [0.1, 0.15) is 17.6 Å². The summed E-state index contributed by atoms with van der Waals surface area (Å²) >= 11 is 5.42. The van der Waals surface area contributed by atoms with Crippen LogP contribution in [0.5, 0.6) is 0 Å². The van der Waals surface area contributed by atoms with Crippen molar-refractivity contribution in [1.82, 2.24) is 9.61 Å². The number of anilines is 1. The Kier molecular flexibility index (Phi) is 3.36. The zero-order chi connectivity index (χ0) is 16.0. The molecule has 0 radical (unpaired) electrons. The molecule has 1 saturated heterocycles. The monoisotopic (exact) mass is 331 g/mol. The summed E-state index contributed by atoms with van der Waals surface area (Å²) < 4.78 is 7.66. The summed E-state index contributed by atoms with van der Waals surface area (Å²) in [4.78, 5) is 2.31. The van der Waals surface area contributed by atoms with Gasteiger partial charge in [-0.1, -0.05) is 19.1 Å². The van der Waals surface area contributed by atoms with E-state index in [2.05, 4.69) is 16.9 Å². The highest BCUT2D eigenvalue weighted by molar-refractivity contribution is 5.72. The minimum Gasteiger partial charge on any atom is -0.443 e. The minimum atomic E-state index is 0.164. The Balaban J connectivity index is 1.74. The molecule has 23 heavy (non-hydrogen) atoms. The molecule has 5 nitrogen and oxygen atoms in total. The van der Waals surface area contributed by atoms with Crippen LogP contribution in [0.1, 0.15) is 13.3 Å². The van der Waals surface area contributed by atoms with Crippen molar-refractivity contribution < 1.29 is 16.0 Å². The van der Waals surface area contributed by atoms with Gasteiger partial charge in [0.05, 0.1) is 11.8 Å². The van der Waals surface area contributed by atoms with Crippen molar-refractivity contribution in [3.8, 4) is 11.3 Å². The molecule has 6 heteroatoms. The van der Waals surface area contributed by atoms with E-state index in [1.54, 1.807) is 6.26 Å². The normalized spacial score (nSPS) is 21.4. The van der Waals surface area contributed by atoms with Gasteiger partial charge in [-0.05, 0) is 24.4 Å². The Bertz CT molecular complexity index is 855. The Hall–Kier alpha value is -1.98. The molecule has 1 fully saturated rings. The van der Waals surface area contributed by atoms with Crippen molar-refractivity contribution in [2.45, 2.75) is 13.3 Å². The van der Waals surface area contributed by atoms with E-state index in [-0.39, 0.29) is 5.41 Å². The van der Waals surface area contributed by atoms with Gasteiger partial charge < -0.3 is 15.1 Å². The van der Waals surface area contributed by atoms with E-state index >= 15 is 0 Å². The fourth-order valence-corrected chi connectivity index (χ4v) is 3.49. The average Bonchev–Trinajstić information content (AvgIpc) is 3.23. The lowest BCUT2D eigenvalue weighted by Crippen LogP contribution is -2.31. The van der Waals surface area contributed by atoms with Crippen LogP contribution >= 0.6 is 0 Å². The van der Waals surface area contributed by atoms with E-state index in [9.17, 15) is 0 Å². The van der Waals surface area contributed by atoms with Gasteiger partial charge in [0.2, 0.25) is 10.7 Å². The van der Waals surface area contributed by atoms with Crippen LogP contribution in [0.4, 0.5) is 5.69 Å². The van der Waals surface area contributed by atoms with Crippen molar-refractivity contribution in [1.29, 1.82) is 0 Å². The first-order chi connectivity index (χ1) is 11.1. The molecule has 3 aromatic rings. The predicted molar refractivity (Wildman–Crippen MR) is 87.4 cm³/mol. The van der Waals surface area contributed by atoms with E-state index in [1.165, 1.54) is 0 Å². The summed E-state index contributed by atoms with van der Waals surface area (Å²) in [5.74, 6) is 0. The Morgan fingerprint density at radius 3 is 2.96 bits per heavy atom. The van der Waals surface area contributed by atoms with Crippen LogP contribution in [0.25, 0.3) is 17.0 Å². The molecule has 0 amide bonds. The van der Waals surface area contributed by atoms with E-state index in [1.807, 2.05) is 35.0 Å². The topological polar surface area (TPSA) is 59.7 Å². The number of hydrogen-bond acceptors (Lipinski definition) is 4. The van der Waals surface area contributed by atoms with Crippen LogP contribution in [0.15, 0.2) is 41.1 Å². The molecule has 2 N–H and O–H groups in total. The molecule has 1 aromatic carbocycles. The summed E-state index contributed by atoms with van der Waals surface area (Å²) in [5.41, 5.74) is 9.71. The Morgan fingerprint density at radius 2 is 2.22 bits per heavy atom. The van der Waals surface area contributed by atoms with Gasteiger partial charge in [-0.3, -0.25) is 0 Å². The first-order valence-corrected chi connectivity index (χ1v) is 8.19. The summed E-state index contributed by atoms with van der Waals surface area (Å²) in [7, 11) is 0. The predicted octanol–water partition coefficient (Wildman–Crippen LogP) is 2.47. The number of hydrogen-bond donors (Lipinski definition) is 1. The second-order valence-corrected chi connectivity index (χ2v) is 6.99. The Morgan fingerprint density at radius 1 is 1.39 bits per heavy atom. The van der Waals surface area contributed by atoms with E-state index in [0.717, 1.165) is 47.2 Å². The third-order valence-electron chi connectivity index (χ3n) is 4.77. The highest BCUT2D eigenvalue weighted by Crippen LogP contribution is 2.36. The minimum absolute atomic E-state index is 0.164. The number of benzene rings is 1. The largest absolute Gasteiger partial charge is 0.443 e. The van der Waals surface area contributed by atoms with Gasteiger partial charge >= 0.3 is 0 Å².